The number of nitrogens with one attached hydrogen (secondary N) is 2. The van der Waals surface area contributed by atoms with Crippen LogP contribution in [0.1, 0.15) is 23.6 Å². The third-order valence-corrected chi connectivity index (χ3v) is 7.25. The molecule has 0 amide bonds. The van der Waals surface area contributed by atoms with Gasteiger partial charge in [0.25, 0.3) is 6.01 Å². The maximum Gasteiger partial charge on any atom is 0.411 e. The molecule has 3 aromatic rings. The molecule has 10 nitrogen and oxygen atoms in total. The zero-order valence-electron chi connectivity index (χ0n) is 20.8. The van der Waals surface area contributed by atoms with Crippen LogP contribution in [0.5, 0.6) is 11.8 Å². The molecule has 1 aromatic carbocycles. The number of aromatic amines is 1. The zero-order chi connectivity index (χ0) is 28.0. The first-order valence-corrected chi connectivity index (χ1v) is 13.0. The first kappa shape index (κ1) is 27.3. The highest BCUT2D eigenvalue weighted by atomic mass is 35.5. The highest BCUT2D eigenvalue weighted by Crippen LogP contribution is 2.39. The fourth-order valence-corrected chi connectivity index (χ4v) is 5.43. The van der Waals surface area contributed by atoms with Gasteiger partial charge in [-0.2, -0.15) is 18.2 Å². The third kappa shape index (κ3) is 5.63. The second-order valence-electron chi connectivity index (χ2n) is 9.78. The predicted octanol–water partition coefficient (Wildman–Crippen LogP) is 3.71. The van der Waals surface area contributed by atoms with Crippen LogP contribution in [-0.4, -0.2) is 83.7 Å². The van der Waals surface area contributed by atoms with E-state index in [0.717, 1.165) is 0 Å². The minimum absolute atomic E-state index is 0.144. The van der Waals surface area contributed by atoms with Crippen molar-refractivity contribution in [1.29, 1.82) is 0 Å². The van der Waals surface area contributed by atoms with E-state index in [1.165, 1.54) is 6.07 Å². The Hall–Kier alpha value is -2.91. The maximum atomic E-state index is 15.1. The van der Waals surface area contributed by atoms with Crippen molar-refractivity contribution in [3.05, 3.63) is 40.2 Å². The van der Waals surface area contributed by atoms with Crippen molar-refractivity contribution in [3.63, 3.8) is 0 Å². The van der Waals surface area contributed by atoms with Gasteiger partial charge in [-0.3, -0.25) is 0 Å². The summed E-state index contributed by atoms with van der Waals surface area (Å²) in [7, 11) is 0. The van der Waals surface area contributed by atoms with Gasteiger partial charge in [-0.1, -0.05) is 11.6 Å². The number of rotatable bonds is 9. The molecule has 216 valence electrons. The summed E-state index contributed by atoms with van der Waals surface area (Å²) in [4.78, 5) is 11.9. The van der Waals surface area contributed by atoms with E-state index in [4.69, 9.17) is 30.5 Å². The Morgan fingerprint density at radius 3 is 2.77 bits per heavy atom. The normalized spacial score (nSPS) is 25.8. The third-order valence-electron chi connectivity index (χ3n) is 6.96. The van der Waals surface area contributed by atoms with E-state index in [0.29, 0.717) is 46.0 Å². The van der Waals surface area contributed by atoms with Gasteiger partial charge in [0, 0.05) is 11.6 Å². The number of halogens is 5. The SMILES string of the molecule is O[C@@H]1CO[C@H]2[C@@H]1OC[C@H]2Oc1nc2nc(NC3CCc4cc(OCCOCC(F)(F)F)cc(F)c43)c(Cl)cc2[nH]1. The van der Waals surface area contributed by atoms with E-state index in [-0.39, 0.29) is 38.2 Å². The number of imidazole rings is 1. The van der Waals surface area contributed by atoms with Gasteiger partial charge in [-0.05, 0) is 30.5 Å². The first-order valence-electron chi connectivity index (χ1n) is 12.6. The summed E-state index contributed by atoms with van der Waals surface area (Å²) < 4.78 is 78.6. The molecule has 2 aliphatic heterocycles. The largest absolute Gasteiger partial charge is 0.491 e. The molecule has 5 atom stereocenters. The lowest BCUT2D eigenvalue weighted by Gasteiger charge is -2.17. The number of benzene rings is 1. The van der Waals surface area contributed by atoms with Crippen LogP contribution in [0.15, 0.2) is 18.2 Å². The highest BCUT2D eigenvalue weighted by molar-refractivity contribution is 6.33. The van der Waals surface area contributed by atoms with Crippen LogP contribution in [0.2, 0.25) is 5.02 Å². The van der Waals surface area contributed by atoms with Gasteiger partial charge in [0.15, 0.2) is 11.8 Å². The van der Waals surface area contributed by atoms with E-state index in [1.807, 2.05) is 0 Å². The maximum absolute atomic E-state index is 15.1. The smallest absolute Gasteiger partial charge is 0.411 e. The van der Waals surface area contributed by atoms with Crippen LogP contribution >= 0.6 is 11.6 Å². The lowest BCUT2D eigenvalue weighted by Crippen LogP contribution is -2.34. The standard InChI is InChI=1S/C25H25ClF4N4O6/c26-13-7-16-23(34-24(32-16)40-18-9-39-20-17(35)8-38-21(18)20)33-22(13)31-15-2-1-11-5-12(6-14(27)19(11)15)37-4-3-36-10-25(28,29)30/h5-7,15,17-18,20-21,35H,1-4,8-10H2,(H2,31,32,33,34)/t15?,17-,18-,20-,21-/m1/s1. The topological polar surface area (TPSA) is 120 Å². The minimum atomic E-state index is -4.41. The molecule has 0 radical (unpaired) electrons. The number of aliphatic hydroxyl groups excluding tert-OH is 1. The quantitative estimate of drug-likeness (QED) is 0.254. The Labute approximate surface area is 229 Å². The van der Waals surface area contributed by atoms with Crippen molar-refractivity contribution in [3.8, 4) is 11.8 Å². The highest BCUT2D eigenvalue weighted by Gasteiger charge is 2.48. The molecule has 40 heavy (non-hydrogen) atoms. The fraction of sp³-hybridized carbons (Fsp3) is 0.520. The number of nitrogens with zero attached hydrogens (tertiary/aromatic N) is 2. The van der Waals surface area contributed by atoms with Crippen molar-refractivity contribution in [2.45, 2.75) is 49.5 Å². The number of aromatic nitrogens is 3. The molecule has 1 unspecified atom stereocenters. The van der Waals surface area contributed by atoms with Gasteiger partial charge in [-0.25, -0.2) is 9.37 Å². The molecule has 6 rings (SSSR count). The molecule has 3 aliphatic rings. The van der Waals surface area contributed by atoms with Crippen molar-refractivity contribution in [1.82, 2.24) is 15.0 Å². The van der Waals surface area contributed by atoms with Gasteiger partial charge < -0.3 is 39.1 Å². The molecule has 0 saturated carbocycles. The van der Waals surface area contributed by atoms with E-state index >= 15 is 4.39 Å². The van der Waals surface area contributed by atoms with Crippen LogP contribution in [0, 0.1) is 5.82 Å². The van der Waals surface area contributed by atoms with Crippen LogP contribution in [-0.2, 0) is 20.6 Å². The molecule has 2 aromatic heterocycles. The lowest BCUT2D eigenvalue weighted by atomic mass is 10.1. The predicted molar refractivity (Wildman–Crippen MR) is 132 cm³/mol. The summed E-state index contributed by atoms with van der Waals surface area (Å²) in [6, 6.07) is 4.28. The molecule has 0 spiro atoms. The minimum Gasteiger partial charge on any atom is -0.491 e. The van der Waals surface area contributed by atoms with Crippen molar-refractivity contribution in [2.24, 2.45) is 0 Å². The number of hydrogen-bond donors (Lipinski definition) is 3. The molecular weight excluding hydrogens is 564 g/mol. The zero-order valence-corrected chi connectivity index (χ0v) is 21.6. The molecule has 2 fully saturated rings. The number of fused-ring (bicyclic) bond motifs is 3. The van der Waals surface area contributed by atoms with Gasteiger partial charge in [0.1, 0.15) is 48.9 Å². The second kappa shape index (κ2) is 10.8. The lowest BCUT2D eigenvalue weighted by molar-refractivity contribution is -0.175. The molecule has 2 saturated heterocycles. The van der Waals surface area contributed by atoms with Crippen molar-refractivity contribution >= 4 is 28.6 Å². The summed E-state index contributed by atoms with van der Waals surface area (Å²) >= 11 is 6.48. The van der Waals surface area contributed by atoms with Crippen LogP contribution in [0.4, 0.5) is 23.4 Å². The first-order chi connectivity index (χ1) is 19.1. The van der Waals surface area contributed by atoms with Gasteiger partial charge in [0.05, 0.1) is 36.4 Å². The van der Waals surface area contributed by atoms with Crippen molar-refractivity contribution < 1.29 is 46.4 Å². The molecule has 0 bridgehead atoms. The van der Waals surface area contributed by atoms with E-state index in [1.54, 1.807) is 12.1 Å². The average Bonchev–Trinajstić information content (AvgIpc) is 3.65. The molecule has 15 heteroatoms. The summed E-state index contributed by atoms with van der Waals surface area (Å²) in [5.41, 5.74) is 2.03. The number of aryl methyl sites for hydroxylation is 1. The van der Waals surface area contributed by atoms with Gasteiger partial charge in [0.2, 0.25) is 0 Å². The second-order valence-corrected chi connectivity index (χ2v) is 10.2. The van der Waals surface area contributed by atoms with E-state index in [2.05, 4.69) is 25.0 Å². The Kier molecular flexibility index (Phi) is 7.38. The number of alkyl halides is 3. The Morgan fingerprint density at radius 2 is 1.95 bits per heavy atom. The Bertz CT molecular complexity index is 1390. The number of H-pyrrole nitrogens is 1. The van der Waals surface area contributed by atoms with Crippen molar-refractivity contribution in [2.75, 3.05) is 38.4 Å². The summed E-state index contributed by atoms with van der Waals surface area (Å²) in [5.74, 6) is 0.0199. The monoisotopic (exact) mass is 588 g/mol. The number of hydrogen-bond acceptors (Lipinski definition) is 9. The Balaban J connectivity index is 1.11. The number of anilines is 1. The average molecular weight is 589 g/mol. The number of pyridine rings is 1. The van der Waals surface area contributed by atoms with Gasteiger partial charge in [-0.15, -0.1) is 0 Å². The van der Waals surface area contributed by atoms with Crippen LogP contribution in [0.3, 0.4) is 0 Å². The molecule has 1 aliphatic carbocycles. The van der Waals surface area contributed by atoms with Crippen LogP contribution in [0.25, 0.3) is 11.2 Å². The molecule has 4 heterocycles. The number of aliphatic hydroxyl groups is 1. The summed E-state index contributed by atoms with van der Waals surface area (Å²) in [6.45, 7) is -1.36. The Morgan fingerprint density at radius 1 is 1.12 bits per heavy atom. The molecule has 3 N–H and O–H groups in total. The molecular formula is C25H25ClF4N4O6. The van der Waals surface area contributed by atoms with E-state index < -0.39 is 49.1 Å². The summed E-state index contributed by atoms with van der Waals surface area (Å²) in [5, 5.41) is 13.4. The summed E-state index contributed by atoms with van der Waals surface area (Å²) in [6.07, 6.45) is -5.29. The van der Waals surface area contributed by atoms with E-state index in [9.17, 15) is 18.3 Å². The van der Waals surface area contributed by atoms with Crippen LogP contribution < -0.4 is 14.8 Å². The fourth-order valence-electron chi connectivity index (χ4n) is 5.23. The van der Waals surface area contributed by atoms with Gasteiger partial charge >= 0.3 is 6.18 Å². The number of ether oxygens (including phenoxy) is 5.